The summed E-state index contributed by atoms with van der Waals surface area (Å²) in [5, 5.41) is -0.545. The first kappa shape index (κ1) is 16.0. The van der Waals surface area contributed by atoms with Gasteiger partial charge in [0, 0.05) is 25.9 Å². The van der Waals surface area contributed by atoms with Crippen LogP contribution in [0.25, 0.3) is 0 Å². The van der Waals surface area contributed by atoms with Crippen LogP contribution in [0, 0.1) is 0 Å². The molecular weight excluding hydrogens is 307 g/mol. The maximum atomic E-state index is 12.5. The second kappa shape index (κ2) is 5.49. The van der Waals surface area contributed by atoms with Gasteiger partial charge in [0.05, 0.1) is 5.75 Å². The molecule has 0 spiro atoms. The van der Waals surface area contributed by atoms with E-state index in [0.29, 0.717) is 6.07 Å². The highest BCUT2D eigenvalue weighted by Gasteiger charge is 2.33. The van der Waals surface area contributed by atoms with Crippen molar-refractivity contribution in [1.29, 1.82) is 0 Å². The third-order valence-corrected chi connectivity index (χ3v) is 3.26. The smallest absolute Gasteiger partial charge is 0.359 e. The zero-order valence-corrected chi connectivity index (χ0v) is 11.6. The molecule has 108 valence electrons. The number of alkyl halides is 3. The van der Waals surface area contributed by atoms with E-state index in [1.54, 1.807) is 0 Å². The molecule has 0 aromatic carbocycles. The SMILES string of the molecule is CN(CCS(C)(=O)=O)c1cc(C(F)(F)F)nc(Cl)n1. The minimum Gasteiger partial charge on any atom is -0.359 e. The van der Waals surface area contributed by atoms with Gasteiger partial charge >= 0.3 is 6.18 Å². The first-order valence-corrected chi connectivity index (χ1v) is 7.43. The molecule has 0 aliphatic rings. The minimum atomic E-state index is -4.64. The molecule has 0 amide bonds. The molecule has 0 saturated heterocycles. The van der Waals surface area contributed by atoms with Gasteiger partial charge < -0.3 is 4.90 Å². The van der Waals surface area contributed by atoms with Gasteiger partial charge in [-0.25, -0.2) is 18.4 Å². The molecule has 0 fully saturated rings. The van der Waals surface area contributed by atoms with Crippen LogP contribution >= 0.6 is 11.6 Å². The number of aromatic nitrogens is 2. The fourth-order valence-electron chi connectivity index (χ4n) is 1.16. The monoisotopic (exact) mass is 317 g/mol. The van der Waals surface area contributed by atoms with Crippen LogP contribution in [0.15, 0.2) is 6.07 Å². The molecule has 0 unspecified atom stereocenters. The lowest BCUT2D eigenvalue weighted by molar-refractivity contribution is -0.141. The number of rotatable bonds is 4. The zero-order valence-electron chi connectivity index (χ0n) is 10.1. The number of anilines is 1. The normalized spacial score (nSPS) is 12.5. The van der Waals surface area contributed by atoms with Crippen LogP contribution in [0.1, 0.15) is 5.69 Å². The van der Waals surface area contributed by atoms with Crippen LogP contribution in [-0.2, 0) is 16.0 Å². The van der Waals surface area contributed by atoms with Crippen molar-refractivity contribution >= 4 is 27.3 Å². The van der Waals surface area contributed by atoms with Gasteiger partial charge in [-0.3, -0.25) is 0 Å². The van der Waals surface area contributed by atoms with E-state index in [1.807, 2.05) is 0 Å². The van der Waals surface area contributed by atoms with Crippen LogP contribution in [-0.4, -0.2) is 44.0 Å². The Morgan fingerprint density at radius 2 is 1.95 bits per heavy atom. The molecule has 1 heterocycles. The predicted octanol–water partition coefficient (Wildman–Crippen LogP) is 1.63. The molecule has 0 radical (unpaired) electrons. The maximum absolute atomic E-state index is 12.5. The molecular formula is C9H11ClF3N3O2S. The van der Waals surface area contributed by atoms with Gasteiger partial charge in [-0.1, -0.05) is 0 Å². The molecule has 1 rings (SSSR count). The molecule has 0 saturated carbocycles. The largest absolute Gasteiger partial charge is 0.433 e. The Kier molecular flexibility index (Phi) is 4.62. The first-order chi connectivity index (χ1) is 8.49. The molecule has 5 nitrogen and oxygen atoms in total. The van der Waals surface area contributed by atoms with E-state index in [-0.39, 0.29) is 18.1 Å². The van der Waals surface area contributed by atoms with Crippen molar-refractivity contribution in [3.05, 3.63) is 17.0 Å². The molecule has 0 atom stereocenters. The van der Waals surface area contributed by atoms with Gasteiger partial charge in [-0.2, -0.15) is 13.2 Å². The summed E-state index contributed by atoms with van der Waals surface area (Å²) in [7, 11) is -1.80. The summed E-state index contributed by atoms with van der Waals surface area (Å²) < 4.78 is 59.6. The summed E-state index contributed by atoms with van der Waals surface area (Å²) in [6.45, 7) is 0.00345. The number of hydrogen-bond donors (Lipinski definition) is 0. The Hall–Kier alpha value is -1.09. The summed E-state index contributed by atoms with van der Waals surface area (Å²) in [5.74, 6) is -0.289. The second-order valence-electron chi connectivity index (χ2n) is 3.93. The number of halogens is 4. The summed E-state index contributed by atoms with van der Waals surface area (Å²) in [5.41, 5.74) is -1.17. The average molecular weight is 318 g/mol. The van der Waals surface area contributed by atoms with E-state index in [2.05, 4.69) is 9.97 Å². The van der Waals surface area contributed by atoms with E-state index in [0.717, 1.165) is 6.26 Å². The molecule has 0 aliphatic heterocycles. The number of nitrogens with zero attached hydrogens (tertiary/aromatic N) is 3. The Morgan fingerprint density at radius 1 is 1.37 bits per heavy atom. The second-order valence-corrected chi connectivity index (χ2v) is 6.53. The Labute approximate surface area is 113 Å². The Bertz CT molecular complexity index is 562. The topological polar surface area (TPSA) is 63.2 Å². The van der Waals surface area contributed by atoms with Gasteiger partial charge in [0.15, 0.2) is 5.69 Å². The van der Waals surface area contributed by atoms with Crippen molar-refractivity contribution in [3.8, 4) is 0 Å². The van der Waals surface area contributed by atoms with Crippen molar-refractivity contribution < 1.29 is 21.6 Å². The Morgan fingerprint density at radius 3 is 2.42 bits per heavy atom. The molecule has 1 aromatic heterocycles. The third-order valence-electron chi connectivity index (χ3n) is 2.16. The maximum Gasteiger partial charge on any atom is 0.433 e. The van der Waals surface area contributed by atoms with Gasteiger partial charge in [-0.05, 0) is 11.6 Å². The summed E-state index contributed by atoms with van der Waals surface area (Å²) in [6.07, 6.45) is -3.60. The standard InChI is InChI=1S/C9H11ClF3N3O2S/c1-16(3-4-19(2,17)18)7-5-6(9(11,12)13)14-8(10)15-7/h5H,3-4H2,1-2H3. The lowest BCUT2D eigenvalue weighted by atomic mass is 10.3. The van der Waals surface area contributed by atoms with Crippen molar-refractivity contribution in [2.24, 2.45) is 0 Å². The summed E-state index contributed by atoms with van der Waals surface area (Å²) >= 11 is 5.42. The summed E-state index contributed by atoms with van der Waals surface area (Å²) in [4.78, 5) is 7.98. The predicted molar refractivity (Wildman–Crippen MR) is 65.0 cm³/mol. The lowest BCUT2D eigenvalue weighted by Crippen LogP contribution is -2.26. The molecule has 19 heavy (non-hydrogen) atoms. The minimum absolute atomic E-state index is 0.00345. The Balaban J connectivity index is 2.98. The number of sulfone groups is 1. The van der Waals surface area contributed by atoms with Gasteiger partial charge in [0.1, 0.15) is 15.7 Å². The van der Waals surface area contributed by atoms with E-state index in [4.69, 9.17) is 11.6 Å². The van der Waals surface area contributed by atoms with Crippen molar-refractivity contribution in [2.75, 3.05) is 30.5 Å². The van der Waals surface area contributed by atoms with Crippen LogP contribution in [0.2, 0.25) is 5.28 Å². The molecule has 10 heteroatoms. The average Bonchev–Trinajstić information content (AvgIpc) is 2.22. The quantitative estimate of drug-likeness (QED) is 0.790. The zero-order chi connectivity index (χ0) is 14.8. The fourth-order valence-corrected chi connectivity index (χ4v) is 1.95. The molecule has 0 N–H and O–H groups in total. The molecule has 0 aliphatic carbocycles. The van der Waals surface area contributed by atoms with E-state index < -0.39 is 27.0 Å². The van der Waals surface area contributed by atoms with E-state index >= 15 is 0 Å². The highest BCUT2D eigenvalue weighted by molar-refractivity contribution is 7.90. The third kappa shape index (κ3) is 5.19. The van der Waals surface area contributed by atoms with Gasteiger partial charge in [-0.15, -0.1) is 0 Å². The van der Waals surface area contributed by atoms with Crippen LogP contribution < -0.4 is 4.90 Å². The van der Waals surface area contributed by atoms with E-state index in [9.17, 15) is 21.6 Å². The first-order valence-electron chi connectivity index (χ1n) is 5.00. The fraction of sp³-hybridized carbons (Fsp3) is 0.556. The lowest BCUT2D eigenvalue weighted by Gasteiger charge is -2.18. The van der Waals surface area contributed by atoms with Crippen molar-refractivity contribution in [3.63, 3.8) is 0 Å². The van der Waals surface area contributed by atoms with Crippen LogP contribution in [0.4, 0.5) is 19.0 Å². The van der Waals surface area contributed by atoms with Gasteiger partial charge in [0.25, 0.3) is 0 Å². The van der Waals surface area contributed by atoms with Crippen molar-refractivity contribution in [1.82, 2.24) is 9.97 Å². The molecule has 0 bridgehead atoms. The van der Waals surface area contributed by atoms with E-state index in [1.165, 1.54) is 11.9 Å². The number of hydrogen-bond acceptors (Lipinski definition) is 5. The van der Waals surface area contributed by atoms with Crippen LogP contribution in [0.5, 0.6) is 0 Å². The van der Waals surface area contributed by atoms with Crippen molar-refractivity contribution in [2.45, 2.75) is 6.18 Å². The summed E-state index contributed by atoms with van der Waals surface area (Å²) in [6, 6.07) is 0.716. The molecule has 1 aromatic rings. The van der Waals surface area contributed by atoms with Crippen LogP contribution in [0.3, 0.4) is 0 Å². The highest BCUT2D eigenvalue weighted by Crippen LogP contribution is 2.30. The highest BCUT2D eigenvalue weighted by atomic mass is 35.5. The van der Waals surface area contributed by atoms with Gasteiger partial charge in [0.2, 0.25) is 5.28 Å².